The van der Waals surface area contributed by atoms with Gasteiger partial charge in [0.2, 0.25) is 11.7 Å². The third-order valence-electron chi connectivity index (χ3n) is 2.66. The van der Waals surface area contributed by atoms with E-state index in [9.17, 15) is 4.79 Å². The first-order valence-electron chi connectivity index (χ1n) is 6.19. The number of aryl methyl sites for hydroxylation is 1. The molecular formula is C14H13BrClNO3. The van der Waals surface area contributed by atoms with Crippen molar-refractivity contribution in [3.8, 4) is 11.5 Å². The number of hydrogen-bond acceptors (Lipinski definition) is 4. The summed E-state index contributed by atoms with van der Waals surface area (Å²) in [5.41, 5.74) is 1.33. The monoisotopic (exact) mass is 357 g/mol. The molecule has 106 valence electrons. The van der Waals surface area contributed by atoms with Crippen LogP contribution in [0.2, 0.25) is 5.02 Å². The van der Waals surface area contributed by atoms with Crippen molar-refractivity contribution in [3.63, 3.8) is 0 Å². The number of carbonyl (C=O) groups excluding carboxylic acids is 1. The molecule has 0 bridgehead atoms. The second kappa shape index (κ2) is 6.41. The van der Waals surface area contributed by atoms with Gasteiger partial charge in [0, 0.05) is 10.0 Å². The fourth-order valence-corrected chi connectivity index (χ4v) is 2.20. The summed E-state index contributed by atoms with van der Waals surface area (Å²) >= 11 is 9.30. The summed E-state index contributed by atoms with van der Waals surface area (Å²) in [6, 6.07) is 5.32. The molecule has 0 amide bonds. The molecule has 0 aliphatic heterocycles. The highest BCUT2D eigenvalue weighted by atomic mass is 79.9. The molecule has 1 aromatic carbocycles. The van der Waals surface area contributed by atoms with E-state index in [1.807, 2.05) is 6.92 Å². The quantitative estimate of drug-likeness (QED) is 0.755. The minimum Gasteiger partial charge on any atom is -0.460 e. The largest absolute Gasteiger partial charge is 0.460 e. The first-order chi connectivity index (χ1) is 9.56. The number of esters is 1. The number of oxazole rings is 1. The van der Waals surface area contributed by atoms with Gasteiger partial charge in [0.25, 0.3) is 0 Å². The lowest BCUT2D eigenvalue weighted by Gasteiger charge is -1.99. The van der Waals surface area contributed by atoms with Crippen LogP contribution in [0.25, 0.3) is 11.5 Å². The van der Waals surface area contributed by atoms with Gasteiger partial charge in [0.05, 0.1) is 17.3 Å². The van der Waals surface area contributed by atoms with E-state index in [2.05, 4.69) is 20.9 Å². The van der Waals surface area contributed by atoms with E-state index in [1.165, 1.54) is 0 Å². The highest BCUT2D eigenvalue weighted by Crippen LogP contribution is 2.29. The molecule has 0 N–H and O–H groups in total. The molecule has 0 spiro atoms. The standard InChI is InChI=1S/C14H13BrClNO3/c1-3-11-12(14(18)19-4-2)20-13(17-11)8-5-6-10(16)9(15)7-8/h5-7H,3-4H2,1-2H3. The second-order valence-electron chi connectivity index (χ2n) is 4.00. The average Bonchev–Trinajstić information content (AvgIpc) is 2.86. The Kier molecular flexibility index (Phi) is 4.83. The van der Waals surface area contributed by atoms with Crippen molar-refractivity contribution in [3.05, 3.63) is 39.1 Å². The Morgan fingerprint density at radius 1 is 1.45 bits per heavy atom. The second-order valence-corrected chi connectivity index (χ2v) is 5.26. The molecule has 2 aromatic rings. The van der Waals surface area contributed by atoms with Crippen LogP contribution in [0, 0.1) is 0 Å². The van der Waals surface area contributed by atoms with E-state index in [0.29, 0.717) is 29.6 Å². The van der Waals surface area contributed by atoms with Gasteiger partial charge < -0.3 is 9.15 Å². The third-order valence-corrected chi connectivity index (χ3v) is 3.87. The predicted octanol–water partition coefficient (Wildman–Crippen LogP) is 4.50. The van der Waals surface area contributed by atoms with E-state index in [4.69, 9.17) is 20.8 Å². The summed E-state index contributed by atoms with van der Waals surface area (Å²) in [7, 11) is 0. The van der Waals surface area contributed by atoms with Crippen molar-refractivity contribution in [2.75, 3.05) is 6.61 Å². The molecule has 0 unspecified atom stereocenters. The van der Waals surface area contributed by atoms with Crippen molar-refractivity contribution in [1.29, 1.82) is 0 Å². The molecule has 1 aromatic heterocycles. The Bertz CT molecular complexity index is 639. The normalized spacial score (nSPS) is 10.6. The minimum atomic E-state index is -0.490. The fraction of sp³-hybridized carbons (Fsp3) is 0.286. The molecular weight excluding hydrogens is 346 g/mol. The highest BCUT2D eigenvalue weighted by Gasteiger charge is 2.21. The lowest BCUT2D eigenvalue weighted by molar-refractivity contribution is 0.0489. The molecule has 20 heavy (non-hydrogen) atoms. The first kappa shape index (κ1) is 15.1. The van der Waals surface area contributed by atoms with Crippen LogP contribution in [0.3, 0.4) is 0 Å². The molecule has 4 nitrogen and oxygen atoms in total. The molecule has 0 aliphatic carbocycles. The number of carbonyl (C=O) groups is 1. The number of rotatable bonds is 4. The zero-order chi connectivity index (χ0) is 14.7. The van der Waals surface area contributed by atoms with Gasteiger partial charge in [-0.3, -0.25) is 0 Å². The Morgan fingerprint density at radius 3 is 2.80 bits per heavy atom. The molecule has 6 heteroatoms. The molecule has 0 radical (unpaired) electrons. The van der Waals surface area contributed by atoms with Gasteiger partial charge in [-0.1, -0.05) is 18.5 Å². The van der Waals surface area contributed by atoms with E-state index in [0.717, 1.165) is 10.0 Å². The van der Waals surface area contributed by atoms with Crippen LogP contribution < -0.4 is 0 Å². The van der Waals surface area contributed by atoms with Crippen LogP contribution in [0.15, 0.2) is 27.1 Å². The molecule has 0 fully saturated rings. The van der Waals surface area contributed by atoms with Gasteiger partial charge in [0.15, 0.2) is 0 Å². The van der Waals surface area contributed by atoms with Crippen molar-refractivity contribution in [2.24, 2.45) is 0 Å². The van der Waals surface area contributed by atoms with Gasteiger partial charge in [-0.2, -0.15) is 0 Å². The average molecular weight is 359 g/mol. The Balaban J connectivity index is 2.42. The number of hydrogen-bond donors (Lipinski definition) is 0. The molecule has 1 heterocycles. The van der Waals surface area contributed by atoms with Crippen LogP contribution in [0.5, 0.6) is 0 Å². The predicted molar refractivity (Wildman–Crippen MR) is 80.0 cm³/mol. The molecule has 0 saturated carbocycles. The maximum Gasteiger partial charge on any atom is 0.376 e. The van der Waals surface area contributed by atoms with Crippen LogP contribution in [0.1, 0.15) is 30.1 Å². The summed E-state index contributed by atoms with van der Waals surface area (Å²) in [5, 5.41) is 0.599. The van der Waals surface area contributed by atoms with Gasteiger partial charge in [-0.25, -0.2) is 9.78 Å². The van der Waals surface area contributed by atoms with Crippen molar-refractivity contribution in [1.82, 2.24) is 4.98 Å². The van der Waals surface area contributed by atoms with Crippen LogP contribution in [-0.2, 0) is 11.2 Å². The summed E-state index contributed by atoms with van der Waals surface area (Å²) in [6.45, 7) is 3.95. The summed E-state index contributed by atoms with van der Waals surface area (Å²) < 4.78 is 11.3. The third kappa shape index (κ3) is 3.04. The molecule has 0 aliphatic rings. The molecule has 0 atom stereocenters. The Morgan fingerprint density at radius 2 is 2.20 bits per heavy atom. The SMILES string of the molecule is CCOC(=O)c1oc(-c2ccc(Cl)c(Br)c2)nc1CC. The summed E-state index contributed by atoms with van der Waals surface area (Å²) in [6.07, 6.45) is 0.590. The number of nitrogens with zero attached hydrogens (tertiary/aromatic N) is 1. The lowest BCUT2D eigenvalue weighted by atomic mass is 10.2. The van der Waals surface area contributed by atoms with E-state index in [-0.39, 0.29) is 5.76 Å². The van der Waals surface area contributed by atoms with Gasteiger partial charge in [0.1, 0.15) is 0 Å². The van der Waals surface area contributed by atoms with E-state index in [1.54, 1.807) is 25.1 Å². The van der Waals surface area contributed by atoms with Gasteiger partial charge >= 0.3 is 5.97 Å². The number of halogens is 2. The highest BCUT2D eigenvalue weighted by molar-refractivity contribution is 9.10. The van der Waals surface area contributed by atoms with Gasteiger partial charge in [-0.05, 0) is 47.5 Å². The smallest absolute Gasteiger partial charge is 0.376 e. The fourth-order valence-electron chi connectivity index (χ4n) is 1.70. The minimum absolute atomic E-state index is 0.162. The van der Waals surface area contributed by atoms with E-state index < -0.39 is 5.97 Å². The number of benzene rings is 1. The molecule has 0 saturated heterocycles. The number of aromatic nitrogens is 1. The van der Waals surface area contributed by atoms with Crippen molar-refractivity contribution >= 4 is 33.5 Å². The van der Waals surface area contributed by atoms with Crippen LogP contribution in [-0.4, -0.2) is 17.6 Å². The first-order valence-corrected chi connectivity index (χ1v) is 7.36. The maximum absolute atomic E-state index is 11.8. The zero-order valence-electron chi connectivity index (χ0n) is 11.1. The summed E-state index contributed by atoms with van der Waals surface area (Å²) in [5.74, 6) is 0.0498. The van der Waals surface area contributed by atoms with Crippen LogP contribution in [0.4, 0.5) is 0 Å². The lowest BCUT2D eigenvalue weighted by Crippen LogP contribution is -2.05. The molecule has 2 rings (SSSR count). The topological polar surface area (TPSA) is 52.3 Å². The van der Waals surface area contributed by atoms with E-state index >= 15 is 0 Å². The zero-order valence-corrected chi connectivity index (χ0v) is 13.4. The Hall–Kier alpha value is -1.33. The van der Waals surface area contributed by atoms with Gasteiger partial charge in [-0.15, -0.1) is 0 Å². The number of ether oxygens (including phenoxy) is 1. The van der Waals surface area contributed by atoms with Crippen molar-refractivity contribution < 1.29 is 13.9 Å². The maximum atomic E-state index is 11.8. The van der Waals surface area contributed by atoms with Crippen LogP contribution >= 0.6 is 27.5 Å². The summed E-state index contributed by atoms with van der Waals surface area (Å²) in [4.78, 5) is 16.1. The Labute approximate surface area is 130 Å². The van der Waals surface area contributed by atoms with Crippen molar-refractivity contribution in [2.45, 2.75) is 20.3 Å².